The van der Waals surface area contributed by atoms with E-state index in [9.17, 15) is 9.59 Å². The molecule has 1 N–H and O–H groups in total. The maximum Gasteiger partial charge on any atom is 0.236 e. The third-order valence-electron chi connectivity index (χ3n) is 6.37. The molecule has 3 heterocycles. The Kier molecular flexibility index (Phi) is 7.48. The molecule has 194 valence electrons. The van der Waals surface area contributed by atoms with Crippen molar-refractivity contribution >= 4 is 50.3 Å². The molecule has 7 nitrogen and oxygen atoms in total. The third kappa shape index (κ3) is 5.74. The van der Waals surface area contributed by atoms with Crippen molar-refractivity contribution in [2.75, 3.05) is 37.4 Å². The summed E-state index contributed by atoms with van der Waals surface area (Å²) in [4.78, 5) is 34.0. The van der Waals surface area contributed by atoms with Gasteiger partial charge in [-0.3, -0.25) is 14.6 Å². The van der Waals surface area contributed by atoms with Crippen molar-refractivity contribution in [2.45, 2.75) is 12.8 Å². The van der Waals surface area contributed by atoms with Crippen LogP contribution in [0.2, 0.25) is 0 Å². The number of anilines is 2. The number of benzene rings is 2. The van der Waals surface area contributed by atoms with Gasteiger partial charge in [-0.15, -0.1) is 11.3 Å². The van der Waals surface area contributed by atoms with Gasteiger partial charge in [0.15, 0.2) is 11.6 Å². The molecule has 9 heteroatoms. The van der Waals surface area contributed by atoms with Gasteiger partial charge in [0, 0.05) is 54.7 Å². The van der Waals surface area contributed by atoms with Gasteiger partial charge in [-0.05, 0) is 49.4 Å². The van der Waals surface area contributed by atoms with Crippen molar-refractivity contribution in [1.29, 1.82) is 0 Å². The number of para-hydroxylation sites is 1. The molecule has 2 aromatic heterocycles. The summed E-state index contributed by atoms with van der Waals surface area (Å²) in [5.41, 5.74) is 3.02. The number of likely N-dealkylation sites (N-methyl/N-ethyl adjacent to an activating group) is 1. The normalized spacial score (nSPS) is 13.7. The van der Waals surface area contributed by atoms with Crippen molar-refractivity contribution in [3.8, 4) is 11.5 Å². The summed E-state index contributed by atoms with van der Waals surface area (Å²) in [6.07, 6.45) is 4.48. The lowest BCUT2D eigenvalue weighted by molar-refractivity contribution is -0.125. The van der Waals surface area contributed by atoms with Crippen LogP contribution in [-0.4, -0.2) is 48.9 Å². The van der Waals surface area contributed by atoms with Crippen LogP contribution >= 0.6 is 11.3 Å². The van der Waals surface area contributed by atoms with Gasteiger partial charge >= 0.3 is 0 Å². The number of rotatable bonds is 7. The van der Waals surface area contributed by atoms with Crippen molar-refractivity contribution < 1.29 is 18.7 Å². The van der Waals surface area contributed by atoms with Crippen LogP contribution in [0.3, 0.4) is 0 Å². The topological polar surface area (TPSA) is 74.8 Å². The summed E-state index contributed by atoms with van der Waals surface area (Å²) < 4.78 is 21.9. The summed E-state index contributed by atoms with van der Waals surface area (Å²) in [7, 11) is 3.60. The number of amides is 2. The molecule has 0 bridgehead atoms. The lowest BCUT2D eigenvalue weighted by Gasteiger charge is -2.21. The van der Waals surface area contributed by atoms with Crippen LogP contribution in [0.25, 0.3) is 15.8 Å². The average Bonchev–Trinajstić information content (AvgIpc) is 3.35. The molecule has 38 heavy (non-hydrogen) atoms. The zero-order valence-electron chi connectivity index (χ0n) is 21.1. The lowest BCUT2D eigenvalue weighted by atomic mass is 10.1. The summed E-state index contributed by atoms with van der Waals surface area (Å²) in [5.74, 6) is -0.959. The van der Waals surface area contributed by atoms with E-state index in [0.29, 0.717) is 17.1 Å². The highest BCUT2D eigenvalue weighted by atomic mass is 32.1. The van der Waals surface area contributed by atoms with Gasteiger partial charge in [-0.1, -0.05) is 24.3 Å². The standard InChI is InChI=1S/C29H27FN4O3S/c1-33-14-11-19(12-15-33)26-17-23-29(38-26)25(10-13-31-23)37-24-9-8-21(16-22(24)30)34(2)28(36)18-27(35)32-20-6-4-3-5-7-20/h3-11,13,16-17H,12,14-15,18H2,1-2H3,(H,32,35). The van der Waals surface area contributed by atoms with Gasteiger partial charge in [0.05, 0.1) is 10.2 Å². The minimum atomic E-state index is -0.615. The van der Waals surface area contributed by atoms with Crippen molar-refractivity contribution in [2.24, 2.45) is 0 Å². The number of aromatic nitrogens is 1. The highest BCUT2D eigenvalue weighted by Crippen LogP contribution is 2.39. The Bertz CT molecular complexity index is 1520. The summed E-state index contributed by atoms with van der Waals surface area (Å²) >= 11 is 1.59. The van der Waals surface area contributed by atoms with E-state index in [2.05, 4.69) is 34.4 Å². The Morgan fingerprint density at radius 1 is 1.13 bits per heavy atom. The quantitative estimate of drug-likeness (QED) is 0.300. The van der Waals surface area contributed by atoms with Crippen LogP contribution in [-0.2, 0) is 9.59 Å². The fourth-order valence-electron chi connectivity index (χ4n) is 4.17. The lowest BCUT2D eigenvalue weighted by Crippen LogP contribution is -2.30. The van der Waals surface area contributed by atoms with Gasteiger partial charge in [0.2, 0.25) is 11.8 Å². The molecule has 0 atom stereocenters. The second kappa shape index (κ2) is 11.1. The molecule has 2 amide bonds. The molecular formula is C29H27FN4O3S. The number of pyridine rings is 1. The summed E-state index contributed by atoms with van der Waals surface area (Å²) in [5, 5.41) is 2.68. The van der Waals surface area contributed by atoms with Crippen molar-refractivity contribution in [3.05, 3.63) is 83.6 Å². The van der Waals surface area contributed by atoms with E-state index < -0.39 is 17.6 Å². The zero-order valence-corrected chi connectivity index (χ0v) is 21.9. The predicted octanol–water partition coefficient (Wildman–Crippen LogP) is 5.94. The number of hydrogen-bond donors (Lipinski definition) is 1. The van der Waals surface area contributed by atoms with Gasteiger partial charge in [-0.2, -0.15) is 0 Å². The first kappa shape index (κ1) is 25.6. The van der Waals surface area contributed by atoms with Crippen molar-refractivity contribution in [3.63, 3.8) is 0 Å². The largest absolute Gasteiger partial charge is 0.453 e. The fraction of sp³-hybridized carbons (Fsp3) is 0.207. The first-order chi connectivity index (χ1) is 18.4. The zero-order chi connectivity index (χ0) is 26.6. The number of carbonyl (C=O) groups excluding carboxylic acids is 2. The van der Waals surface area contributed by atoms with E-state index in [1.165, 1.54) is 29.7 Å². The van der Waals surface area contributed by atoms with Gasteiger partial charge in [0.1, 0.15) is 12.2 Å². The minimum Gasteiger partial charge on any atom is -0.453 e. The Morgan fingerprint density at radius 2 is 1.95 bits per heavy atom. The number of nitrogens with one attached hydrogen (secondary N) is 1. The molecule has 1 aliphatic heterocycles. The maximum absolute atomic E-state index is 15.1. The molecule has 1 aliphatic rings. The number of ether oxygens (including phenoxy) is 1. The molecule has 0 fully saturated rings. The second-order valence-electron chi connectivity index (χ2n) is 9.14. The van der Waals surface area contributed by atoms with E-state index >= 15 is 4.39 Å². The number of carbonyl (C=O) groups is 2. The third-order valence-corrected chi connectivity index (χ3v) is 7.59. The monoisotopic (exact) mass is 530 g/mol. The average molecular weight is 531 g/mol. The number of nitrogens with zero attached hydrogens (tertiary/aromatic N) is 3. The van der Waals surface area contributed by atoms with E-state index in [0.717, 1.165) is 34.6 Å². The molecule has 0 spiro atoms. The second-order valence-corrected chi connectivity index (χ2v) is 10.2. The van der Waals surface area contributed by atoms with E-state index in [4.69, 9.17) is 4.74 Å². The van der Waals surface area contributed by atoms with E-state index in [-0.39, 0.29) is 12.2 Å². The SMILES string of the molecule is CN1CC=C(c2cc3nccc(Oc4ccc(N(C)C(=O)CC(=O)Nc5ccccc5)cc4F)c3s2)CC1. The van der Waals surface area contributed by atoms with E-state index in [1.807, 2.05) is 6.07 Å². The van der Waals surface area contributed by atoms with Gasteiger partial charge in [-0.25, -0.2) is 4.39 Å². The van der Waals surface area contributed by atoms with Crippen LogP contribution in [0.5, 0.6) is 11.5 Å². The highest BCUT2D eigenvalue weighted by molar-refractivity contribution is 7.20. The Morgan fingerprint density at radius 3 is 2.68 bits per heavy atom. The van der Waals surface area contributed by atoms with Crippen LogP contribution in [0.15, 0.2) is 72.9 Å². The smallest absolute Gasteiger partial charge is 0.236 e. The van der Waals surface area contributed by atoms with Crippen molar-refractivity contribution in [1.82, 2.24) is 9.88 Å². The van der Waals surface area contributed by atoms with Crippen LogP contribution in [0.1, 0.15) is 17.7 Å². The van der Waals surface area contributed by atoms with Crippen LogP contribution in [0, 0.1) is 5.82 Å². The molecule has 0 radical (unpaired) electrons. The number of thiophene rings is 1. The summed E-state index contributed by atoms with van der Waals surface area (Å²) in [6, 6.07) is 17.0. The van der Waals surface area contributed by atoms with Gasteiger partial charge in [0.25, 0.3) is 0 Å². The number of hydrogen-bond acceptors (Lipinski definition) is 6. The minimum absolute atomic E-state index is 0.0392. The fourth-order valence-corrected chi connectivity index (χ4v) is 5.31. The maximum atomic E-state index is 15.1. The molecule has 5 rings (SSSR count). The highest BCUT2D eigenvalue weighted by Gasteiger charge is 2.19. The predicted molar refractivity (Wildman–Crippen MR) is 149 cm³/mol. The van der Waals surface area contributed by atoms with Crippen LogP contribution in [0.4, 0.5) is 15.8 Å². The first-order valence-electron chi connectivity index (χ1n) is 12.2. The molecule has 0 saturated heterocycles. The molecule has 0 aliphatic carbocycles. The van der Waals surface area contributed by atoms with Crippen LogP contribution < -0.4 is 15.0 Å². The molecule has 2 aromatic carbocycles. The molecule has 0 saturated carbocycles. The van der Waals surface area contributed by atoms with Gasteiger partial charge < -0.3 is 19.9 Å². The molecule has 0 unspecified atom stereocenters. The summed E-state index contributed by atoms with van der Waals surface area (Å²) in [6.45, 7) is 1.91. The van der Waals surface area contributed by atoms with E-state index in [1.54, 1.807) is 53.9 Å². The number of halogens is 1. The Hall–Kier alpha value is -4.08. The Balaban J connectivity index is 1.28. The molecular weight excluding hydrogens is 503 g/mol. The first-order valence-corrected chi connectivity index (χ1v) is 13.0. The molecule has 4 aromatic rings. The Labute approximate surface area is 224 Å². The number of fused-ring (bicyclic) bond motifs is 1.